The summed E-state index contributed by atoms with van der Waals surface area (Å²) in [4.78, 5) is 50.0. The van der Waals surface area contributed by atoms with Gasteiger partial charge in [0.15, 0.2) is 0 Å². The van der Waals surface area contributed by atoms with E-state index in [-0.39, 0.29) is 41.1 Å². The lowest BCUT2D eigenvalue weighted by Crippen LogP contribution is -2.52. The molecule has 1 atom stereocenters. The largest absolute Gasteiger partial charge is 0.330 e. The van der Waals surface area contributed by atoms with Crippen LogP contribution in [0.4, 0.5) is 8.78 Å². The zero-order valence-electron chi connectivity index (χ0n) is 19.6. The van der Waals surface area contributed by atoms with E-state index in [0.717, 1.165) is 17.0 Å². The number of halogens is 3. The number of nitrogens with one attached hydrogen (secondary N) is 1. The molecule has 0 spiro atoms. The first-order valence-corrected chi connectivity index (χ1v) is 10.1. The summed E-state index contributed by atoms with van der Waals surface area (Å²) in [7, 11) is 0. The topological polar surface area (TPSA) is 83.6 Å². The highest BCUT2D eigenvalue weighted by atomic mass is 35.5. The van der Waals surface area contributed by atoms with E-state index in [1.807, 2.05) is 5.32 Å². The molecular weight excluding hydrogens is 442 g/mol. The molecule has 166 valence electrons. The quantitative estimate of drug-likeness (QED) is 0.665. The van der Waals surface area contributed by atoms with Crippen LogP contribution >= 0.6 is 11.6 Å². The maximum Gasteiger partial charge on any atom is 0.330 e. The SMILES string of the molecule is [2H]C([2H])(CC(=O)C(F)(F)c1ccc(Cl)cc1)c1ccc2c(c1)CN(C1([2H])CCC(=O)NC1=O)C2=O. The van der Waals surface area contributed by atoms with Crippen molar-refractivity contribution in [2.45, 2.75) is 44.1 Å². The molecule has 0 aliphatic carbocycles. The highest BCUT2D eigenvalue weighted by Gasteiger charge is 2.41. The van der Waals surface area contributed by atoms with E-state index in [2.05, 4.69) is 0 Å². The molecule has 4 rings (SSSR count). The van der Waals surface area contributed by atoms with E-state index in [1.165, 1.54) is 30.3 Å². The van der Waals surface area contributed by atoms with E-state index in [0.29, 0.717) is 0 Å². The molecule has 32 heavy (non-hydrogen) atoms. The van der Waals surface area contributed by atoms with Crippen LogP contribution < -0.4 is 5.32 Å². The average molecular weight is 464 g/mol. The summed E-state index contributed by atoms with van der Waals surface area (Å²) in [5.41, 5.74) is -0.306. The third-order valence-electron chi connectivity index (χ3n) is 5.35. The van der Waals surface area contributed by atoms with Crippen LogP contribution in [0.1, 0.15) is 50.4 Å². The number of alkyl halides is 2. The average Bonchev–Trinajstić information content (AvgIpc) is 3.13. The molecule has 9 heteroatoms. The highest BCUT2D eigenvalue weighted by Crippen LogP contribution is 2.32. The van der Waals surface area contributed by atoms with Crippen molar-refractivity contribution < 1.29 is 32.1 Å². The summed E-state index contributed by atoms with van der Waals surface area (Å²) in [6, 6.07) is 6.16. The van der Waals surface area contributed by atoms with Crippen LogP contribution in [0.25, 0.3) is 0 Å². The summed E-state index contributed by atoms with van der Waals surface area (Å²) in [5, 5.41) is 2.26. The predicted octanol–water partition coefficient (Wildman–Crippen LogP) is 3.39. The number of benzene rings is 2. The molecule has 0 radical (unpaired) electrons. The summed E-state index contributed by atoms with van der Waals surface area (Å²) in [5.74, 6) is -7.68. The number of carbonyl (C=O) groups is 4. The van der Waals surface area contributed by atoms with E-state index >= 15 is 0 Å². The molecule has 2 aliphatic rings. The molecule has 0 saturated carbocycles. The number of carbonyl (C=O) groups excluding carboxylic acids is 4. The molecular formula is C23H19ClF2N2O4. The molecule has 1 unspecified atom stereocenters. The molecule has 0 bridgehead atoms. The molecule has 2 aliphatic heterocycles. The van der Waals surface area contributed by atoms with Gasteiger partial charge in [-0.25, -0.2) is 0 Å². The number of ketones is 1. The van der Waals surface area contributed by atoms with Gasteiger partial charge in [-0.15, -0.1) is 0 Å². The Morgan fingerprint density at radius 1 is 1.22 bits per heavy atom. The molecule has 1 N–H and O–H groups in total. The minimum atomic E-state index is -3.94. The van der Waals surface area contributed by atoms with Crippen molar-refractivity contribution in [2.75, 3.05) is 0 Å². The third kappa shape index (κ3) is 4.14. The van der Waals surface area contributed by atoms with Gasteiger partial charge in [-0.3, -0.25) is 24.5 Å². The van der Waals surface area contributed by atoms with Crippen molar-refractivity contribution in [3.63, 3.8) is 0 Å². The number of piperidine rings is 1. The van der Waals surface area contributed by atoms with Gasteiger partial charge in [0.1, 0.15) is 6.02 Å². The van der Waals surface area contributed by atoms with Gasteiger partial charge in [0, 0.05) is 38.3 Å². The number of fused-ring (bicyclic) bond motifs is 1. The van der Waals surface area contributed by atoms with Crippen molar-refractivity contribution in [3.05, 3.63) is 69.7 Å². The lowest BCUT2D eigenvalue weighted by molar-refractivity contribution is -0.144. The highest BCUT2D eigenvalue weighted by molar-refractivity contribution is 6.30. The van der Waals surface area contributed by atoms with Crippen molar-refractivity contribution in [3.8, 4) is 0 Å². The van der Waals surface area contributed by atoms with E-state index in [9.17, 15) is 28.0 Å². The molecule has 1 saturated heterocycles. The van der Waals surface area contributed by atoms with Gasteiger partial charge in [0.2, 0.25) is 17.6 Å². The predicted molar refractivity (Wildman–Crippen MR) is 111 cm³/mol. The first-order valence-electron chi connectivity index (χ1n) is 11.2. The Kier molecular flexibility index (Phi) is 4.86. The van der Waals surface area contributed by atoms with E-state index < -0.39 is 53.8 Å². The van der Waals surface area contributed by atoms with Crippen LogP contribution in [0, 0.1) is 0 Å². The van der Waals surface area contributed by atoms with Crippen LogP contribution in [0.5, 0.6) is 0 Å². The summed E-state index contributed by atoms with van der Waals surface area (Å²) >= 11 is 5.70. The molecule has 6 nitrogen and oxygen atoms in total. The standard InChI is InChI=1S/C23H19ClF2N2O4/c24-16-5-3-15(4-6-16)23(25,26)19(29)9-2-13-1-7-17-14(11-13)12-28(22(17)32)18-8-10-20(30)27-21(18)31/h1,3-7,11,18H,2,8-10,12H2,(H,27,30,31)/i2D2,18D. The normalized spacial score (nSPS) is 22.7. The van der Waals surface area contributed by atoms with Crippen molar-refractivity contribution in [2.24, 2.45) is 0 Å². The van der Waals surface area contributed by atoms with Crippen LogP contribution in [0.15, 0.2) is 42.5 Å². The Morgan fingerprint density at radius 2 is 1.94 bits per heavy atom. The second-order valence-electron chi connectivity index (χ2n) is 7.45. The lowest BCUT2D eigenvalue weighted by Gasteiger charge is -2.29. The fraction of sp³-hybridized carbons (Fsp3) is 0.304. The van der Waals surface area contributed by atoms with Crippen LogP contribution in [-0.2, 0) is 33.2 Å². The molecule has 2 aromatic carbocycles. The lowest BCUT2D eigenvalue weighted by atomic mass is 9.97. The number of Topliss-reactive ketones (excluding diaryl/α,β-unsaturated/α-hetero) is 1. The minimum Gasteiger partial charge on any atom is -0.322 e. The summed E-state index contributed by atoms with van der Waals surface area (Å²) in [6.45, 7) is -0.210. The fourth-order valence-corrected chi connectivity index (χ4v) is 3.75. The molecule has 2 aromatic rings. The van der Waals surface area contributed by atoms with Gasteiger partial charge in [-0.05, 0) is 42.1 Å². The van der Waals surface area contributed by atoms with Gasteiger partial charge < -0.3 is 4.90 Å². The van der Waals surface area contributed by atoms with Crippen molar-refractivity contribution >= 4 is 35.1 Å². The zero-order valence-corrected chi connectivity index (χ0v) is 17.3. The van der Waals surface area contributed by atoms with Crippen LogP contribution in [0.3, 0.4) is 0 Å². The number of imide groups is 1. The molecule has 1 fully saturated rings. The van der Waals surface area contributed by atoms with Gasteiger partial charge in [0.25, 0.3) is 5.91 Å². The Labute approximate surface area is 191 Å². The maximum atomic E-state index is 14.7. The number of amides is 3. The van der Waals surface area contributed by atoms with Crippen LogP contribution in [0.2, 0.25) is 5.02 Å². The minimum absolute atomic E-state index is 0.103. The van der Waals surface area contributed by atoms with Gasteiger partial charge >= 0.3 is 5.92 Å². The van der Waals surface area contributed by atoms with Gasteiger partial charge in [-0.1, -0.05) is 35.9 Å². The monoisotopic (exact) mass is 463 g/mol. The number of nitrogens with zero attached hydrogens (tertiary/aromatic N) is 1. The fourth-order valence-electron chi connectivity index (χ4n) is 3.63. The third-order valence-corrected chi connectivity index (χ3v) is 5.60. The first kappa shape index (κ1) is 18.4. The number of rotatable bonds is 6. The Morgan fingerprint density at radius 3 is 2.62 bits per heavy atom. The molecule has 2 heterocycles. The smallest absolute Gasteiger partial charge is 0.322 e. The Balaban J connectivity index is 1.56. The van der Waals surface area contributed by atoms with Crippen LogP contribution in [-0.4, -0.2) is 34.4 Å². The number of aryl methyl sites for hydroxylation is 1. The summed E-state index contributed by atoms with van der Waals surface area (Å²) < 4.78 is 54.4. The second-order valence-corrected chi connectivity index (χ2v) is 7.88. The number of hydrogen-bond donors (Lipinski definition) is 1. The van der Waals surface area contributed by atoms with Gasteiger partial charge in [-0.2, -0.15) is 8.78 Å². The molecule has 3 amide bonds. The number of hydrogen-bond acceptors (Lipinski definition) is 4. The van der Waals surface area contributed by atoms with E-state index in [4.69, 9.17) is 15.7 Å². The summed E-state index contributed by atoms with van der Waals surface area (Å²) in [6.07, 6.45) is -3.94. The van der Waals surface area contributed by atoms with Crippen molar-refractivity contribution in [1.82, 2.24) is 10.2 Å². The van der Waals surface area contributed by atoms with Gasteiger partial charge in [0.05, 0.1) is 1.37 Å². The Bertz CT molecular complexity index is 1260. The Hall–Kier alpha value is -3.13. The zero-order chi connectivity index (χ0) is 25.8. The van der Waals surface area contributed by atoms with E-state index in [1.54, 1.807) is 0 Å². The second kappa shape index (κ2) is 8.43. The molecule has 0 aromatic heterocycles. The maximum absolute atomic E-state index is 14.7. The van der Waals surface area contributed by atoms with Crippen molar-refractivity contribution in [1.29, 1.82) is 0 Å². The first-order chi connectivity index (χ1) is 16.3.